The van der Waals surface area contributed by atoms with Crippen molar-refractivity contribution in [3.8, 4) is 22.3 Å². The summed E-state index contributed by atoms with van der Waals surface area (Å²) in [5.41, 5.74) is 21.8. The summed E-state index contributed by atoms with van der Waals surface area (Å²) in [5.74, 6) is 0. The van der Waals surface area contributed by atoms with E-state index in [9.17, 15) is 0 Å². The standard InChI is InChI=1S/C60H52/c1-33-27-37(59(5,6)7)28-34(2)51(33)57-49-31-48-50(32-47(49)53-43-23-15-11-19-39(43)41-21-13-17-25-45(41)55(53)57)58(52-35(3)29-38(30-36(52)4)60(8,9)10)56-46-26-18-14-22-42(46)40-20-12-16-24-44(40)54(48)56/h11-32H,1-10H3. The Morgan fingerprint density at radius 1 is 0.283 bits per heavy atom. The summed E-state index contributed by atoms with van der Waals surface area (Å²) < 4.78 is 0. The third-order valence-corrected chi connectivity index (χ3v) is 13.9. The van der Waals surface area contributed by atoms with Gasteiger partial charge in [-0.2, -0.15) is 0 Å². The second-order valence-corrected chi connectivity index (χ2v) is 19.8. The average molecular weight is 773 g/mol. The van der Waals surface area contributed by atoms with E-state index in [-0.39, 0.29) is 10.8 Å². The van der Waals surface area contributed by atoms with Crippen molar-refractivity contribution in [3.05, 3.63) is 200 Å². The molecule has 292 valence electrons. The Hall–Kier alpha value is -6.24. The molecule has 9 aromatic carbocycles. The molecule has 0 bridgehead atoms. The maximum Gasteiger partial charge on any atom is -0.000765 e. The molecule has 0 atom stereocenters. The van der Waals surface area contributed by atoms with Gasteiger partial charge in [-0.3, -0.25) is 0 Å². The van der Waals surface area contributed by atoms with E-state index >= 15 is 0 Å². The number of hydrogen-bond donors (Lipinski definition) is 0. The SMILES string of the molecule is Cc1cc(C(C)(C)C)cc(C)c1C1=c2cc3c(cc2-c2c1c1ccccc1c1ccccc21)=C(c1c(C)cc(C(C)(C)C)cc1C)c1c-3c2ccccc2c2ccccc12. The molecule has 0 nitrogen and oxygen atoms in total. The zero-order valence-electron chi connectivity index (χ0n) is 36.7. The van der Waals surface area contributed by atoms with E-state index in [1.54, 1.807) is 0 Å². The lowest BCUT2D eigenvalue weighted by molar-refractivity contribution is 0.589. The van der Waals surface area contributed by atoms with Crippen LogP contribution in [0.15, 0.2) is 133 Å². The molecule has 0 aliphatic heterocycles. The summed E-state index contributed by atoms with van der Waals surface area (Å²) in [4.78, 5) is 0. The van der Waals surface area contributed by atoms with Crippen molar-refractivity contribution in [1.82, 2.24) is 0 Å². The Morgan fingerprint density at radius 2 is 0.533 bits per heavy atom. The Balaban J connectivity index is 1.39. The van der Waals surface area contributed by atoms with Gasteiger partial charge in [-0.15, -0.1) is 0 Å². The molecule has 0 radical (unpaired) electrons. The van der Waals surface area contributed by atoms with Gasteiger partial charge in [0.2, 0.25) is 0 Å². The molecule has 0 N–H and O–H groups in total. The molecule has 9 aromatic rings. The number of benzene rings is 9. The van der Waals surface area contributed by atoms with Crippen molar-refractivity contribution in [2.75, 3.05) is 0 Å². The van der Waals surface area contributed by atoms with Crippen LogP contribution in [-0.4, -0.2) is 0 Å². The van der Waals surface area contributed by atoms with Crippen LogP contribution in [0.1, 0.15) is 97.2 Å². The lowest BCUT2D eigenvalue weighted by Crippen LogP contribution is -2.17. The molecule has 0 unspecified atom stereocenters. The van der Waals surface area contributed by atoms with Crippen LogP contribution < -0.4 is 10.4 Å². The minimum absolute atomic E-state index is 0.0506. The molecule has 2 aliphatic carbocycles. The maximum absolute atomic E-state index is 2.61. The molecular weight excluding hydrogens is 721 g/mol. The summed E-state index contributed by atoms with van der Waals surface area (Å²) in [5, 5.41) is 13.2. The molecule has 11 rings (SSSR count). The van der Waals surface area contributed by atoms with Crippen molar-refractivity contribution >= 4 is 54.2 Å². The van der Waals surface area contributed by atoms with E-state index in [2.05, 4.69) is 203 Å². The van der Waals surface area contributed by atoms with Crippen LogP contribution >= 0.6 is 0 Å². The molecule has 2 aliphatic rings. The van der Waals surface area contributed by atoms with E-state index in [0.29, 0.717) is 0 Å². The third kappa shape index (κ3) is 5.10. The largest absolute Gasteiger partial charge is 0.0616 e. The molecular formula is C60H52. The maximum atomic E-state index is 2.61. The Bertz CT molecular complexity index is 3240. The molecule has 0 heteroatoms. The summed E-state index contributed by atoms with van der Waals surface area (Å²) in [6.07, 6.45) is 0. The minimum atomic E-state index is 0.0506. The van der Waals surface area contributed by atoms with Gasteiger partial charge in [0.1, 0.15) is 0 Å². The van der Waals surface area contributed by atoms with E-state index in [4.69, 9.17) is 0 Å². The van der Waals surface area contributed by atoms with Crippen LogP contribution in [0.2, 0.25) is 0 Å². The fourth-order valence-electron chi connectivity index (χ4n) is 11.2. The van der Waals surface area contributed by atoms with Gasteiger partial charge in [-0.05, 0) is 193 Å². The highest BCUT2D eigenvalue weighted by Gasteiger charge is 2.34. The van der Waals surface area contributed by atoms with E-state index < -0.39 is 0 Å². The molecule has 0 saturated carbocycles. The van der Waals surface area contributed by atoms with Crippen LogP contribution in [0, 0.1) is 27.7 Å². The molecule has 0 heterocycles. The van der Waals surface area contributed by atoms with E-state index in [0.717, 1.165) is 0 Å². The average Bonchev–Trinajstić information content (AvgIpc) is 3.72. The van der Waals surface area contributed by atoms with Gasteiger partial charge < -0.3 is 0 Å². The van der Waals surface area contributed by atoms with E-state index in [1.807, 2.05) is 0 Å². The normalized spacial score (nSPS) is 13.4. The third-order valence-electron chi connectivity index (χ3n) is 13.9. The quantitative estimate of drug-likeness (QED) is 0.154. The number of hydrogen-bond acceptors (Lipinski definition) is 0. The zero-order chi connectivity index (χ0) is 41.6. The molecule has 0 aromatic heterocycles. The van der Waals surface area contributed by atoms with Crippen molar-refractivity contribution < 1.29 is 0 Å². The Labute approximate surface area is 354 Å². The lowest BCUT2D eigenvalue weighted by Gasteiger charge is -2.24. The van der Waals surface area contributed by atoms with Crippen molar-refractivity contribution in [1.29, 1.82) is 0 Å². The topological polar surface area (TPSA) is 0 Å². The van der Waals surface area contributed by atoms with Crippen molar-refractivity contribution in [2.24, 2.45) is 0 Å². The molecule has 60 heavy (non-hydrogen) atoms. The van der Waals surface area contributed by atoms with Gasteiger partial charge in [-0.1, -0.05) is 163 Å². The molecule has 0 spiro atoms. The van der Waals surface area contributed by atoms with Gasteiger partial charge in [0.05, 0.1) is 0 Å². The predicted octanol–water partition coefficient (Wildman–Crippen LogP) is 14.6. The lowest BCUT2D eigenvalue weighted by atomic mass is 9.80. The van der Waals surface area contributed by atoms with Gasteiger partial charge in [-0.25, -0.2) is 0 Å². The first-order valence-electron chi connectivity index (χ1n) is 21.8. The van der Waals surface area contributed by atoms with Crippen LogP contribution in [-0.2, 0) is 10.8 Å². The summed E-state index contributed by atoms with van der Waals surface area (Å²) in [6, 6.07) is 51.5. The first-order valence-corrected chi connectivity index (χ1v) is 21.8. The number of aryl methyl sites for hydroxylation is 4. The Kier molecular flexibility index (Phi) is 7.75. The summed E-state index contributed by atoms with van der Waals surface area (Å²) >= 11 is 0. The minimum Gasteiger partial charge on any atom is -0.0616 e. The highest BCUT2D eigenvalue weighted by atomic mass is 14.4. The second-order valence-electron chi connectivity index (χ2n) is 19.8. The van der Waals surface area contributed by atoms with Crippen LogP contribution in [0.5, 0.6) is 0 Å². The Morgan fingerprint density at radius 3 is 0.800 bits per heavy atom. The van der Waals surface area contributed by atoms with Gasteiger partial charge >= 0.3 is 0 Å². The number of fused-ring (bicyclic) bond motifs is 16. The molecule has 0 saturated heterocycles. The van der Waals surface area contributed by atoms with Crippen LogP contribution in [0.4, 0.5) is 0 Å². The van der Waals surface area contributed by atoms with Crippen LogP contribution in [0.25, 0.3) is 76.5 Å². The predicted molar refractivity (Wildman–Crippen MR) is 259 cm³/mol. The summed E-state index contributed by atoms with van der Waals surface area (Å²) in [7, 11) is 0. The first-order chi connectivity index (χ1) is 28.7. The van der Waals surface area contributed by atoms with Crippen molar-refractivity contribution in [3.63, 3.8) is 0 Å². The van der Waals surface area contributed by atoms with Gasteiger partial charge in [0.25, 0.3) is 0 Å². The van der Waals surface area contributed by atoms with Crippen LogP contribution in [0.3, 0.4) is 0 Å². The highest BCUT2D eigenvalue weighted by molar-refractivity contribution is 6.25. The first kappa shape index (κ1) is 36.8. The highest BCUT2D eigenvalue weighted by Crippen LogP contribution is 2.51. The van der Waals surface area contributed by atoms with E-state index in [1.165, 1.54) is 143 Å². The van der Waals surface area contributed by atoms with Gasteiger partial charge in [0.15, 0.2) is 0 Å². The number of rotatable bonds is 2. The summed E-state index contributed by atoms with van der Waals surface area (Å²) in [6.45, 7) is 23.3. The second kappa shape index (κ2) is 12.6. The smallest absolute Gasteiger partial charge is 0.000765 e. The molecule has 0 fully saturated rings. The van der Waals surface area contributed by atoms with Crippen molar-refractivity contribution in [2.45, 2.75) is 80.1 Å². The monoisotopic (exact) mass is 772 g/mol. The fraction of sp³-hybridized carbons (Fsp3) is 0.200. The zero-order valence-corrected chi connectivity index (χ0v) is 36.7. The molecule has 0 amide bonds. The fourth-order valence-corrected chi connectivity index (χ4v) is 11.2. The van der Waals surface area contributed by atoms with Gasteiger partial charge in [0, 0.05) is 0 Å².